The maximum atomic E-state index is 12.6. The third-order valence-corrected chi connectivity index (χ3v) is 2.56. The Morgan fingerprint density at radius 1 is 1.38 bits per heavy atom. The molecule has 1 aromatic heterocycles. The molecule has 10 heteroatoms. The van der Waals surface area contributed by atoms with Crippen LogP contribution in [0.5, 0.6) is 0 Å². The van der Waals surface area contributed by atoms with Crippen LogP contribution in [-0.4, -0.2) is 26.1 Å². The van der Waals surface area contributed by atoms with Gasteiger partial charge in [-0.25, -0.2) is 4.68 Å². The van der Waals surface area contributed by atoms with E-state index in [2.05, 4.69) is 20.8 Å². The number of halogens is 3. The highest BCUT2D eigenvalue weighted by atomic mass is 19.4. The van der Waals surface area contributed by atoms with E-state index in [1.807, 2.05) is 0 Å². The molecule has 1 heterocycles. The lowest BCUT2D eigenvalue weighted by atomic mass is 10.2. The number of nitrogens with zero attached hydrogens (tertiary/aromatic N) is 4. The van der Waals surface area contributed by atoms with Crippen LogP contribution in [0.25, 0.3) is 0 Å². The lowest BCUT2D eigenvalue weighted by Gasteiger charge is -2.10. The molecule has 7 nitrogen and oxygen atoms in total. The molecule has 0 saturated carbocycles. The van der Waals surface area contributed by atoms with Crippen molar-refractivity contribution in [2.24, 2.45) is 5.73 Å². The smallest absolute Gasteiger partial charge is 0.324 e. The van der Waals surface area contributed by atoms with Crippen molar-refractivity contribution in [3.63, 3.8) is 0 Å². The molecule has 0 atom stereocenters. The van der Waals surface area contributed by atoms with Crippen LogP contribution in [0.15, 0.2) is 24.3 Å². The molecule has 0 aliphatic rings. The van der Waals surface area contributed by atoms with E-state index < -0.39 is 17.6 Å². The molecule has 2 aromatic rings. The van der Waals surface area contributed by atoms with Crippen LogP contribution in [0, 0.1) is 0 Å². The van der Waals surface area contributed by atoms with E-state index in [0.29, 0.717) is 5.82 Å². The van der Waals surface area contributed by atoms with Gasteiger partial charge in [-0.1, -0.05) is 6.07 Å². The molecule has 1 amide bonds. The summed E-state index contributed by atoms with van der Waals surface area (Å²) >= 11 is 0. The van der Waals surface area contributed by atoms with Gasteiger partial charge in [0.25, 0.3) is 0 Å². The predicted octanol–water partition coefficient (Wildman–Crippen LogP) is 0.789. The third kappa shape index (κ3) is 3.75. The summed E-state index contributed by atoms with van der Waals surface area (Å²) in [4.78, 5) is 11.8. The van der Waals surface area contributed by atoms with Gasteiger partial charge in [0.2, 0.25) is 5.91 Å². The van der Waals surface area contributed by atoms with Gasteiger partial charge in [0.1, 0.15) is 6.54 Å². The van der Waals surface area contributed by atoms with Crippen LogP contribution in [0.4, 0.5) is 18.9 Å². The minimum Gasteiger partial charge on any atom is -0.324 e. The highest BCUT2D eigenvalue weighted by Gasteiger charge is 2.30. The molecular weight excluding hydrogens is 289 g/mol. The average molecular weight is 300 g/mol. The standard InChI is InChI=1S/C11H11F3N6O/c12-11(13,14)7-2-1-3-8(4-7)16-10(21)6-20-9(5-15)17-18-19-20/h1-4H,5-6,15H2,(H,16,21). The summed E-state index contributed by atoms with van der Waals surface area (Å²) in [5.74, 6) is -0.259. The fraction of sp³-hybridized carbons (Fsp3) is 0.273. The maximum absolute atomic E-state index is 12.6. The van der Waals surface area contributed by atoms with Crippen molar-refractivity contribution in [2.75, 3.05) is 5.32 Å². The predicted molar refractivity (Wildman–Crippen MR) is 65.8 cm³/mol. The fourth-order valence-electron chi connectivity index (χ4n) is 1.60. The van der Waals surface area contributed by atoms with Gasteiger partial charge in [-0.2, -0.15) is 13.2 Å². The Hall–Kier alpha value is -2.49. The molecule has 2 rings (SSSR count). The highest BCUT2D eigenvalue weighted by molar-refractivity contribution is 5.90. The first-order valence-corrected chi connectivity index (χ1v) is 5.82. The molecule has 0 radical (unpaired) electrons. The second-order valence-corrected chi connectivity index (χ2v) is 4.08. The number of alkyl halides is 3. The first-order chi connectivity index (χ1) is 9.90. The first-order valence-electron chi connectivity index (χ1n) is 5.82. The fourth-order valence-corrected chi connectivity index (χ4v) is 1.60. The number of anilines is 1. The maximum Gasteiger partial charge on any atom is 0.416 e. The Morgan fingerprint density at radius 3 is 2.81 bits per heavy atom. The molecule has 0 bridgehead atoms. The normalized spacial score (nSPS) is 11.4. The summed E-state index contributed by atoms with van der Waals surface area (Å²) in [5.41, 5.74) is 4.57. The minimum atomic E-state index is -4.47. The second-order valence-electron chi connectivity index (χ2n) is 4.08. The number of nitrogens with two attached hydrogens (primary N) is 1. The lowest BCUT2D eigenvalue weighted by Crippen LogP contribution is -2.22. The van der Waals surface area contributed by atoms with Crippen molar-refractivity contribution in [2.45, 2.75) is 19.3 Å². The van der Waals surface area contributed by atoms with Crippen LogP contribution in [0.3, 0.4) is 0 Å². The Morgan fingerprint density at radius 2 is 2.14 bits per heavy atom. The summed E-state index contributed by atoms with van der Waals surface area (Å²) in [6.45, 7) is -0.195. The van der Waals surface area contributed by atoms with E-state index >= 15 is 0 Å². The molecule has 0 unspecified atom stereocenters. The molecule has 3 N–H and O–H groups in total. The van der Waals surface area contributed by atoms with Gasteiger partial charge < -0.3 is 11.1 Å². The van der Waals surface area contributed by atoms with Crippen molar-refractivity contribution >= 4 is 11.6 Å². The SMILES string of the molecule is NCc1nnnn1CC(=O)Nc1cccc(C(F)(F)F)c1. The molecule has 0 aliphatic heterocycles. The number of tetrazole rings is 1. The minimum absolute atomic E-state index is 0.0391. The zero-order valence-electron chi connectivity index (χ0n) is 10.6. The number of rotatable bonds is 4. The molecule has 112 valence electrons. The topological polar surface area (TPSA) is 98.7 Å². The van der Waals surface area contributed by atoms with Gasteiger partial charge in [-0.3, -0.25) is 4.79 Å². The number of hydrogen-bond donors (Lipinski definition) is 2. The van der Waals surface area contributed by atoms with Crippen molar-refractivity contribution in [1.29, 1.82) is 0 Å². The zero-order valence-corrected chi connectivity index (χ0v) is 10.6. The molecule has 0 aliphatic carbocycles. The number of amides is 1. The van der Waals surface area contributed by atoms with Gasteiger partial charge in [0.05, 0.1) is 12.1 Å². The molecule has 0 fully saturated rings. The number of aromatic nitrogens is 4. The first kappa shape index (κ1) is 14.9. The van der Waals surface area contributed by atoms with Crippen molar-refractivity contribution in [1.82, 2.24) is 20.2 Å². The van der Waals surface area contributed by atoms with Gasteiger partial charge >= 0.3 is 6.18 Å². The highest BCUT2D eigenvalue weighted by Crippen LogP contribution is 2.30. The summed E-state index contributed by atoms with van der Waals surface area (Å²) < 4.78 is 38.8. The molecule has 0 saturated heterocycles. The molecule has 0 spiro atoms. The Balaban J connectivity index is 2.06. The summed E-state index contributed by atoms with van der Waals surface area (Å²) in [6.07, 6.45) is -4.47. The summed E-state index contributed by atoms with van der Waals surface area (Å²) in [7, 11) is 0. The van der Waals surface area contributed by atoms with Crippen molar-refractivity contribution in [3.05, 3.63) is 35.7 Å². The van der Waals surface area contributed by atoms with Crippen LogP contribution >= 0.6 is 0 Å². The van der Waals surface area contributed by atoms with Gasteiger partial charge in [-0.05, 0) is 28.6 Å². The Kier molecular flexibility index (Phi) is 4.17. The monoisotopic (exact) mass is 300 g/mol. The van der Waals surface area contributed by atoms with E-state index in [1.165, 1.54) is 16.8 Å². The molecule has 21 heavy (non-hydrogen) atoms. The summed E-state index contributed by atoms with van der Waals surface area (Å²) in [5, 5.41) is 12.9. The van der Waals surface area contributed by atoms with Gasteiger partial charge in [0.15, 0.2) is 5.82 Å². The average Bonchev–Trinajstić information content (AvgIpc) is 2.85. The Bertz CT molecular complexity index is 639. The lowest BCUT2D eigenvalue weighted by molar-refractivity contribution is -0.137. The van der Waals surface area contributed by atoms with Crippen LogP contribution in [0.2, 0.25) is 0 Å². The Labute approximate surface area is 116 Å². The van der Waals surface area contributed by atoms with Crippen molar-refractivity contribution in [3.8, 4) is 0 Å². The van der Waals surface area contributed by atoms with Gasteiger partial charge in [-0.15, -0.1) is 5.10 Å². The van der Waals surface area contributed by atoms with E-state index in [-0.39, 0.29) is 18.8 Å². The van der Waals surface area contributed by atoms with Gasteiger partial charge in [0, 0.05) is 5.69 Å². The molecule has 1 aromatic carbocycles. The number of benzene rings is 1. The number of nitrogens with one attached hydrogen (secondary N) is 1. The van der Waals surface area contributed by atoms with Crippen molar-refractivity contribution < 1.29 is 18.0 Å². The number of hydrogen-bond acceptors (Lipinski definition) is 5. The zero-order chi connectivity index (χ0) is 15.5. The van der Waals surface area contributed by atoms with Crippen LogP contribution in [0.1, 0.15) is 11.4 Å². The van der Waals surface area contributed by atoms with Crippen LogP contribution in [-0.2, 0) is 24.1 Å². The van der Waals surface area contributed by atoms with Crippen LogP contribution < -0.4 is 11.1 Å². The third-order valence-electron chi connectivity index (χ3n) is 2.56. The quantitative estimate of drug-likeness (QED) is 0.869. The van der Waals surface area contributed by atoms with E-state index in [9.17, 15) is 18.0 Å². The molecular formula is C11H11F3N6O. The van der Waals surface area contributed by atoms with E-state index in [0.717, 1.165) is 12.1 Å². The van der Waals surface area contributed by atoms with E-state index in [1.54, 1.807) is 0 Å². The van der Waals surface area contributed by atoms with E-state index in [4.69, 9.17) is 5.73 Å². The largest absolute Gasteiger partial charge is 0.416 e. The summed E-state index contributed by atoms with van der Waals surface area (Å²) in [6, 6.07) is 4.34. The number of carbonyl (C=O) groups excluding carboxylic acids is 1. The number of carbonyl (C=O) groups is 1. The second kappa shape index (κ2) is 5.87.